The van der Waals surface area contributed by atoms with E-state index in [-0.39, 0.29) is 6.42 Å². The molecule has 0 amide bonds. The number of carbonyl (C=O) groups is 1. The van der Waals surface area contributed by atoms with Crippen LogP contribution in [0.25, 0.3) is 11.3 Å². The maximum absolute atomic E-state index is 10.5. The molecule has 0 unspecified atom stereocenters. The molecule has 15 heavy (non-hydrogen) atoms. The number of H-pyrrole nitrogens is 1. The van der Waals surface area contributed by atoms with Crippen molar-refractivity contribution in [1.82, 2.24) is 10.2 Å². The lowest BCUT2D eigenvalue weighted by Gasteiger charge is -2.00. The molecule has 4 nitrogen and oxygen atoms in total. The first-order valence-electron chi connectivity index (χ1n) is 4.56. The molecule has 0 aliphatic carbocycles. The molecule has 1 aromatic carbocycles. The largest absolute Gasteiger partial charge is 0.481 e. The molecular formula is C11H10N2O2. The van der Waals surface area contributed by atoms with Crippen molar-refractivity contribution >= 4 is 5.97 Å². The summed E-state index contributed by atoms with van der Waals surface area (Å²) in [6, 6.07) is 9.25. The first-order valence-corrected chi connectivity index (χ1v) is 4.56. The van der Waals surface area contributed by atoms with Crippen LogP contribution in [-0.4, -0.2) is 21.3 Å². The Morgan fingerprint density at radius 1 is 1.40 bits per heavy atom. The van der Waals surface area contributed by atoms with E-state index in [4.69, 9.17) is 5.11 Å². The first-order chi connectivity index (χ1) is 7.25. The minimum atomic E-state index is -0.822. The van der Waals surface area contributed by atoms with E-state index in [1.54, 1.807) is 12.3 Å². The average molecular weight is 202 g/mol. The summed E-state index contributed by atoms with van der Waals surface area (Å²) in [7, 11) is 0. The van der Waals surface area contributed by atoms with Gasteiger partial charge in [0.2, 0.25) is 0 Å². The maximum atomic E-state index is 10.5. The van der Waals surface area contributed by atoms with Crippen LogP contribution in [-0.2, 0) is 11.2 Å². The summed E-state index contributed by atoms with van der Waals surface area (Å²) in [6.07, 6.45) is 1.71. The van der Waals surface area contributed by atoms with E-state index in [1.165, 1.54) is 0 Å². The van der Waals surface area contributed by atoms with Crippen LogP contribution in [0.3, 0.4) is 0 Å². The smallest absolute Gasteiger partial charge is 0.307 e. The van der Waals surface area contributed by atoms with Crippen LogP contribution < -0.4 is 0 Å². The van der Waals surface area contributed by atoms with Crippen LogP contribution in [0, 0.1) is 0 Å². The van der Waals surface area contributed by atoms with Gasteiger partial charge in [0, 0.05) is 6.20 Å². The third kappa shape index (κ3) is 2.22. The van der Waals surface area contributed by atoms with Crippen molar-refractivity contribution in [3.05, 3.63) is 42.1 Å². The van der Waals surface area contributed by atoms with Gasteiger partial charge in [-0.25, -0.2) is 0 Å². The van der Waals surface area contributed by atoms with Gasteiger partial charge in [0.15, 0.2) is 0 Å². The van der Waals surface area contributed by atoms with E-state index in [0.29, 0.717) is 0 Å². The van der Waals surface area contributed by atoms with E-state index >= 15 is 0 Å². The second-order valence-corrected chi connectivity index (χ2v) is 3.24. The van der Waals surface area contributed by atoms with Crippen molar-refractivity contribution < 1.29 is 9.90 Å². The third-order valence-corrected chi connectivity index (χ3v) is 2.09. The van der Waals surface area contributed by atoms with Gasteiger partial charge in [-0.2, -0.15) is 5.10 Å². The summed E-state index contributed by atoms with van der Waals surface area (Å²) in [5.41, 5.74) is 2.63. The molecule has 0 radical (unpaired) electrons. The van der Waals surface area contributed by atoms with Crippen LogP contribution >= 0.6 is 0 Å². The van der Waals surface area contributed by atoms with Gasteiger partial charge in [-0.1, -0.05) is 18.2 Å². The Morgan fingerprint density at radius 2 is 2.27 bits per heavy atom. The van der Waals surface area contributed by atoms with E-state index in [9.17, 15) is 4.79 Å². The van der Waals surface area contributed by atoms with Crippen molar-refractivity contribution in [2.45, 2.75) is 6.42 Å². The highest BCUT2D eigenvalue weighted by atomic mass is 16.4. The summed E-state index contributed by atoms with van der Waals surface area (Å²) < 4.78 is 0. The SMILES string of the molecule is O=C(O)Cc1cccc(-c2ccn[nH]2)c1. The van der Waals surface area contributed by atoms with E-state index in [0.717, 1.165) is 16.8 Å². The molecule has 1 aromatic heterocycles. The highest BCUT2D eigenvalue weighted by molar-refractivity contribution is 5.71. The number of nitrogens with zero attached hydrogens (tertiary/aromatic N) is 1. The lowest BCUT2D eigenvalue weighted by molar-refractivity contribution is -0.136. The normalized spacial score (nSPS) is 10.1. The molecule has 2 aromatic rings. The quantitative estimate of drug-likeness (QED) is 0.796. The van der Waals surface area contributed by atoms with Gasteiger partial charge in [0.1, 0.15) is 0 Å². The molecule has 2 N–H and O–H groups in total. The summed E-state index contributed by atoms with van der Waals surface area (Å²) in [4.78, 5) is 10.5. The Balaban J connectivity index is 2.31. The van der Waals surface area contributed by atoms with Gasteiger partial charge in [-0.3, -0.25) is 9.89 Å². The van der Waals surface area contributed by atoms with Gasteiger partial charge in [-0.05, 0) is 23.3 Å². The number of carboxylic acid groups (broad SMARTS) is 1. The van der Waals surface area contributed by atoms with E-state index in [2.05, 4.69) is 10.2 Å². The van der Waals surface area contributed by atoms with Crippen molar-refractivity contribution in [3.8, 4) is 11.3 Å². The third-order valence-electron chi connectivity index (χ3n) is 2.09. The minimum Gasteiger partial charge on any atom is -0.481 e. The van der Waals surface area contributed by atoms with Crippen molar-refractivity contribution in [3.63, 3.8) is 0 Å². The molecule has 0 saturated carbocycles. The van der Waals surface area contributed by atoms with Crippen molar-refractivity contribution in [2.75, 3.05) is 0 Å². The van der Waals surface area contributed by atoms with Crippen molar-refractivity contribution in [1.29, 1.82) is 0 Å². The zero-order chi connectivity index (χ0) is 10.7. The summed E-state index contributed by atoms with van der Waals surface area (Å²) in [5, 5.41) is 15.4. The van der Waals surface area contributed by atoms with Gasteiger partial charge >= 0.3 is 5.97 Å². The lowest BCUT2D eigenvalue weighted by atomic mass is 10.1. The summed E-state index contributed by atoms with van der Waals surface area (Å²) in [5.74, 6) is -0.822. The number of nitrogens with one attached hydrogen (secondary N) is 1. The Labute approximate surface area is 86.6 Å². The number of benzene rings is 1. The Kier molecular flexibility index (Phi) is 2.49. The van der Waals surface area contributed by atoms with Gasteiger partial charge in [0.25, 0.3) is 0 Å². The van der Waals surface area contributed by atoms with Gasteiger partial charge < -0.3 is 5.11 Å². The molecule has 0 saturated heterocycles. The number of aromatic amines is 1. The predicted molar refractivity (Wildman–Crippen MR) is 55.4 cm³/mol. The average Bonchev–Trinajstić information content (AvgIpc) is 2.69. The molecule has 0 aliphatic rings. The van der Waals surface area contributed by atoms with E-state index in [1.807, 2.05) is 24.3 Å². The molecule has 4 heteroatoms. The fourth-order valence-corrected chi connectivity index (χ4v) is 1.44. The highest BCUT2D eigenvalue weighted by Gasteiger charge is 2.03. The number of carboxylic acids is 1. The second kappa shape index (κ2) is 3.96. The molecular weight excluding hydrogens is 192 g/mol. The zero-order valence-corrected chi connectivity index (χ0v) is 7.97. The first kappa shape index (κ1) is 9.45. The molecule has 0 aliphatic heterocycles. The topological polar surface area (TPSA) is 66.0 Å². The molecule has 1 heterocycles. The molecule has 76 valence electrons. The Morgan fingerprint density at radius 3 is 2.93 bits per heavy atom. The summed E-state index contributed by atoms with van der Waals surface area (Å²) in [6.45, 7) is 0. The number of aromatic nitrogens is 2. The predicted octanol–water partition coefficient (Wildman–Crippen LogP) is 1.70. The monoisotopic (exact) mass is 202 g/mol. The van der Waals surface area contributed by atoms with Crippen molar-refractivity contribution in [2.24, 2.45) is 0 Å². The van der Waals surface area contributed by atoms with Gasteiger partial charge in [0.05, 0.1) is 12.1 Å². The molecule has 0 spiro atoms. The van der Waals surface area contributed by atoms with Crippen LogP contribution in [0.4, 0.5) is 0 Å². The summed E-state index contributed by atoms with van der Waals surface area (Å²) >= 11 is 0. The zero-order valence-electron chi connectivity index (χ0n) is 7.97. The standard InChI is InChI=1S/C11H10N2O2/c14-11(15)7-8-2-1-3-9(6-8)10-4-5-12-13-10/h1-6H,7H2,(H,12,13)(H,14,15). The van der Waals surface area contributed by atoms with Crippen LogP contribution in [0.1, 0.15) is 5.56 Å². The van der Waals surface area contributed by atoms with Crippen LogP contribution in [0.5, 0.6) is 0 Å². The molecule has 0 fully saturated rings. The second-order valence-electron chi connectivity index (χ2n) is 3.24. The minimum absolute atomic E-state index is 0.0436. The number of aliphatic carboxylic acids is 1. The number of hydrogen-bond acceptors (Lipinski definition) is 2. The van der Waals surface area contributed by atoms with Crippen LogP contribution in [0.15, 0.2) is 36.5 Å². The van der Waals surface area contributed by atoms with Crippen LogP contribution in [0.2, 0.25) is 0 Å². The van der Waals surface area contributed by atoms with E-state index < -0.39 is 5.97 Å². The molecule has 2 rings (SSSR count). The number of hydrogen-bond donors (Lipinski definition) is 2. The maximum Gasteiger partial charge on any atom is 0.307 e. The highest BCUT2D eigenvalue weighted by Crippen LogP contribution is 2.17. The Bertz CT molecular complexity index is 463. The lowest BCUT2D eigenvalue weighted by Crippen LogP contribution is -1.99. The molecule has 0 bridgehead atoms. The fourth-order valence-electron chi connectivity index (χ4n) is 1.44. The number of rotatable bonds is 3. The van der Waals surface area contributed by atoms with Gasteiger partial charge in [-0.15, -0.1) is 0 Å². The fraction of sp³-hybridized carbons (Fsp3) is 0.0909. The Hall–Kier alpha value is -2.10. The molecule has 0 atom stereocenters.